The van der Waals surface area contributed by atoms with E-state index in [9.17, 15) is 18.9 Å². The van der Waals surface area contributed by atoms with Gasteiger partial charge < -0.3 is 18.8 Å². The van der Waals surface area contributed by atoms with E-state index in [2.05, 4.69) is 9.97 Å². The van der Waals surface area contributed by atoms with Crippen molar-refractivity contribution >= 4 is 29.3 Å². The highest BCUT2D eigenvalue weighted by molar-refractivity contribution is 6.63. The Hall–Kier alpha value is -3.38. The van der Waals surface area contributed by atoms with Crippen LogP contribution in [0.2, 0.25) is 0 Å². The van der Waals surface area contributed by atoms with Crippen LogP contribution in [-0.4, -0.2) is 40.3 Å². The minimum Gasteiger partial charge on any atom is -0.481 e. The number of methoxy groups -OCH3 is 1. The predicted molar refractivity (Wildman–Crippen MR) is 115 cm³/mol. The first-order valence-electron chi connectivity index (χ1n) is 9.94. The molecule has 12 heteroatoms. The highest BCUT2D eigenvalue weighted by atomic mass is 19.1. The average Bonchev–Trinajstić information content (AvgIpc) is 2.96. The van der Waals surface area contributed by atoms with Crippen LogP contribution in [0.3, 0.4) is 0 Å². The maximum atomic E-state index is 14.4. The molecule has 0 aliphatic carbocycles. The quantitative estimate of drug-likeness (QED) is 0.321. The van der Waals surface area contributed by atoms with Crippen molar-refractivity contribution in [2.75, 3.05) is 7.11 Å². The summed E-state index contributed by atoms with van der Waals surface area (Å²) >= 11 is 0. The second kappa shape index (κ2) is 7.89. The van der Waals surface area contributed by atoms with Crippen molar-refractivity contribution in [2.45, 2.75) is 38.9 Å². The third kappa shape index (κ3) is 3.96. The molecule has 0 unspecified atom stereocenters. The molecular formula is C21H20BF2N3O6. The number of nitro benzene ring substituents is 1. The van der Waals surface area contributed by atoms with E-state index in [1.54, 1.807) is 6.07 Å². The van der Waals surface area contributed by atoms with E-state index in [-0.39, 0.29) is 17.1 Å². The molecule has 172 valence electrons. The van der Waals surface area contributed by atoms with Crippen LogP contribution in [0.4, 0.5) is 14.5 Å². The first-order chi connectivity index (χ1) is 15.4. The average molecular weight is 459 g/mol. The van der Waals surface area contributed by atoms with Crippen molar-refractivity contribution in [1.29, 1.82) is 0 Å². The number of hydrogen-bond acceptors (Lipinski definition) is 8. The van der Waals surface area contributed by atoms with Gasteiger partial charge in [0.1, 0.15) is 5.52 Å². The molecule has 1 aliphatic rings. The van der Waals surface area contributed by atoms with Crippen LogP contribution in [0, 0.1) is 21.7 Å². The Labute approximate surface area is 187 Å². The molecule has 1 saturated heterocycles. The molecule has 33 heavy (non-hydrogen) atoms. The maximum Gasteiger partial charge on any atom is 0.500 e. The summed E-state index contributed by atoms with van der Waals surface area (Å²) in [4.78, 5) is 18.6. The van der Waals surface area contributed by atoms with Gasteiger partial charge in [0.05, 0.1) is 40.9 Å². The zero-order chi connectivity index (χ0) is 24.1. The van der Waals surface area contributed by atoms with Gasteiger partial charge in [0.2, 0.25) is 5.88 Å². The smallest absolute Gasteiger partial charge is 0.481 e. The number of non-ortho nitro benzene ring substituents is 1. The van der Waals surface area contributed by atoms with Crippen LogP contribution in [0.25, 0.3) is 11.0 Å². The molecule has 3 heterocycles. The minimum atomic E-state index is -1.23. The lowest BCUT2D eigenvalue weighted by atomic mass is 9.79. The maximum absolute atomic E-state index is 14.4. The third-order valence-corrected chi connectivity index (χ3v) is 5.77. The summed E-state index contributed by atoms with van der Waals surface area (Å²) in [6.07, 6.45) is 1.38. The summed E-state index contributed by atoms with van der Waals surface area (Å²) in [6, 6.07) is 4.15. The lowest BCUT2D eigenvalue weighted by molar-refractivity contribution is -0.385. The van der Waals surface area contributed by atoms with Crippen molar-refractivity contribution < 1.29 is 32.5 Å². The molecule has 0 atom stereocenters. The van der Waals surface area contributed by atoms with Gasteiger partial charge in [0.25, 0.3) is 5.69 Å². The number of ether oxygens (including phenoxy) is 2. The monoisotopic (exact) mass is 459 g/mol. The molecule has 0 amide bonds. The Bertz CT molecular complexity index is 1230. The van der Waals surface area contributed by atoms with E-state index >= 15 is 0 Å². The molecular weight excluding hydrogens is 439 g/mol. The number of aromatic nitrogens is 2. The summed E-state index contributed by atoms with van der Waals surface area (Å²) in [7, 11) is 0.632. The molecule has 0 spiro atoms. The summed E-state index contributed by atoms with van der Waals surface area (Å²) in [5.41, 5.74) is -0.945. The van der Waals surface area contributed by atoms with Crippen molar-refractivity contribution in [3.63, 3.8) is 0 Å². The van der Waals surface area contributed by atoms with Gasteiger partial charge in [0, 0.05) is 17.7 Å². The van der Waals surface area contributed by atoms with Crippen LogP contribution in [0.15, 0.2) is 30.5 Å². The number of fused-ring (bicyclic) bond motifs is 1. The Kier molecular flexibility index (Phi) is 5.45. The van der Waals surface area contributed by atoms with Crippen molar-refractivity contribution in [3.05, 3.63) is 52.2 Å². The Morgan fingerprint density at radius 1 is 1.09 bits per heavy atom. The number of halogens is 2. The van der Waals surface area contributed by atoms with Gasteiger partial charge in [-0.25, -0.2) is 13.8 Å². The first kappa shape index (κ1) is 22.8. The van der Waals surface area contributed by atoms with Crippen LogP contribution in [0.5, 0.6) is 17.4 Å². The number of benzene rings is 1. The number of nitrogens with zero attached hydrogens (tertiary/aromatic N) is 3. The molecule has 0 bridgehead atoms. The van der Waals surface area contributed by atoms with Gasteiger partial charge in [-0.15, -0.1) is 0 Å². The fraction of sp³-hybridized carbons (Fsp3) is 0.333. The fourth-order valence-electron chi connectivity index (χ4n) is 3.29. The molecule has 3 aromatic rings. The van der Waals surface area contributed by atoms with Crippen LogP contribution < -0.4 is 14.9 Å². The molecule has 9 nitrogen and oxygen atoms in total. The standard InChI is InChI=1S/C21H20BF2N3O6/c1-20(2)21(3,4)33-22(32-20)12-10-15-17(26-19(12)30-5)16(6-7-25-15)31-18-13(23)8-11(27(28)29)9-14(18)24/h6-10H,1-5H3. The van der Waals surface area contributed by atoms with Gasteiger partial charge >= 0.3 is 7.12 Å². The van der Waals surface area contributed by atoms with E-state index < -0.39 is 46.3 Å². The first-order valence-corrected chi connectivity index (χ1v) is 9.94. The van der Waals surface area contributed by atoms with Gasteiger partial charge in [-0.2, -0.15) is 0 Å². The fourth-order valence-corrected chi connectivity index (χ4v) is 3.29. The lowest BCUT2D eigenvalue weighted by Crippen LogP contribution is -2.41. The second-order valence-electron chi connectivity index (χ2n) is 8.45. The SMILES string of the molecule is COc1nc2c(Oc3c(F)cc([N+](=O)[O-])cc3F)ccnc2cc1B1OC(C)(C)C(C)(C)O1. The Morgan fingerprint density at radius 2 is 1.70 bits per heavy atom. The summed E-state index contributed by atoms with van der Waals surface area (Å²) in [5, 5.41) is 10.8. The molecule has 0 saturated carbocycles. The Balaban J connectivity index is 1.77. The van der Waals surface area contributed by atoms with Crippen molar-refractivity contribution in [1.82, 2.24) is 9.97 Å². The van der Waals surface area contributed by atoms with Crippen LogP contribution >= 0.6 is 0 Å². The molecule has 0 radical (unpaired) electrons. The van der Waals surface area contributed by atoms with Gasteiger partial charge in [-0.1, -0.05) is 0 Å². The van der Waals surface area contributed by atoms with Crippen molar-refractivity contribution in [3.8, 4) is 17.4 Å². The highest BCUT2D eigenvalue weighted by Crippen LogP contribution is 2.38. The molecule has 4 rings (SSSR count). The minimum absolute atomic E-state index is 0.0228. The number of pyridine rings is 2. The molecule has 2 aromatic heterocycles. The van der Waals surface area contributed by atoms with E-state index in [4.69, 9.17) is 18.8 Å². The highest BCUT2D eigenvalue weighted by Gasteiger charge is 2.52. The lowest BCUT2D eigenvalue weighted by Gasteiger charge is -2.32. The molecule has 1 aliphatic heterocycles. The topological polar surface area (TPSA) is 106 Å². The molecule has 0 N–H and O–H groups in total. The van der Waals surface area contributed by atoms with Crippen LogP contribution in [-0.2, 0) is 9.31 Å². The zero-order valence-electron chi connectivity index (χ0n) is 18.5. The van der Waals surface area contributed by atoms with Gasteiger partial charge in [0.15, 0.2) is 23.1 Å². The number of hydrogen-bond donors (Lipinski definition) is 0. The normalized spacial score (nSPS) is 16.8. The molecule has 1 aromatic carbocycles. The van der Waals surface area contributed by atoms with E-state index in [0.29, 0.717) is 23.1 Å². The zero-order valence-corrected chi connectivity index (χ0v) is 18.5. The van der Waals surface area contributed by atoms with E-state index in [1.807, 2.05) is 27.7 Å². The number of rotatable bonds is 5. The molecule has 1 fully saturated rings. The second-order valence-corrected chi connectivity index (χ2v) is 8.45. The predicted octanol–water partition coefficient (Wildman–Crippen LogP) is 3.92. The summed E-state index contributed by atoms with van der Waals surface area (Å²) < 4.78 is 51.7. The largest absolute Gasteiger partial charge is 0.500 e. The Morgan fingerprint density at radius 3 is 2.24 bits per heavy atom. The van der Waals surface area contributed by atoms with Gasteiger partial charge in [-0.3, -0.25) is 15.1 Å². The summed E-state index contributed by atoms with van der Waals surface area (Å²) in [6.45, 7) is 7.63. The van der Waals surface area contributed by atoms with Crippen molar-refractivity contribution in [2.24, 2.45) is 0 Å². The summed E-state index contributed by atoms with van der Waals surface area (Å²) in [5.74, 6) is -3.13. The number of nitro groups is 1. The van der Waals surface area contributed by atoms with E-state index in [0.717, 1.165) is 0 Å². The van der Waals surface area contributed by atoms with Crippen LogP contribution in [0.1, 0.15) is 27.7 Å². The van der Waals surface area contributed by atoms with E-state index in [1.165, 1.54) is 19.4 Å². The van der Waals surface area contributed by atoms with Gasteiger partial charge in [-0.05, 0) is 33.8 Å². The third-order valence-electron chi connectivity index (χ3n) is 5.77.